The van der Waals surface area contributed by atoms with Gasteiger partial charge in [-0.2, -0.15) is 0 Å². The number of rotatable bonds is 3. The summed E-state index contributed by atoms with van der Waals surface area (Å²) in [5.74, 6) is 0.234. The summed E-state index contributed by atoms with van der Waals surface area (Å²) in [6.45, 7) is 1.87. The average molecular weight is 196 g/mol. The number of hydrogen-bond acceptors (Lipinski definition) is 2. The van der Waals surface area contributed by atoms with E-state index in [-0.39, 0.29) is 5.75 Å². The van der Waals surface area contributed by atoms with Crippen LogP contribution in [0.4, 0.5) is 0 Å². The molecular weight excluding hydrogens is 183 g/mol. The van der Waals surface area contributed by atoms with E-state index in [0.717, 1.165) is 5.46 Å². The first kappa shape index (κ1) is 10.3. The predicted molar refractivity (Wildman–Crippen MR) is 57.0 cm³/mol. The van der Waals surface area contributed by atoms with Gasteiger partial charge in [0.1, 0.15) is 7.85 Å². The Labute approximate surface area is 80.3 Å². The largest absolute Gasteiger partial charge is 0.224 e. The van der Waals surface area contributed by atoms with Gasteiger partial charge < -0.3 is 0 Å². The summed E-state index contributed by atoms with van der Waals surface area (Å²) in [5, 5.41) is 0. The maximum absolute atomic E-state index is 11.7. The molecule has 0 heterocycles. The van der Waals surface area contributed by atoms with Gasteiger partial charge in [0, 0.05) is 0 Å². The Kier molecular flexibility index (Phi) is 3.14. The number of sulfone groups is 1. The van der Waals surface area contributed by atoms with Crippen molar-refractivity contribution in [1.29, 1.82) is 0 Å². The lowest BCUT2D eigenvalue weighted by Gasteiger charge is -2.05. The second-order valence-corrected chi connectivity index (χ2v) is 5.16. The van der Waals surface area contributed by atoms with Crippen LogP contribution in [0.3, 0.4) is 0 Å². The van der Waals surface area contributed by atoms with Crippen LogP contribution in [0.15, 0.2) is 29.2 Å². The van der Waals surface area contributed by atoms with Crippen molar-refractivity contribution in [1.82, 2.24) is 0 Å². The normalized spacial score (nSPS) is 11.5. The molecule has 0 aliphatic heterocycles. The van der Waals surface area contributed by atoms with Crippen molar-refractivity contribution in [3.63, 3.8) is 0 Å². The van der Waals surface area contributed by atoms with E-state index in [1.165, 1.54) is 0 Å². The predicted octanol–water partition coefficient (Wildman–Crippen LogP) is 0.129. The third-order valence-electron chi connectivity index (χ3n) is 1.90. The standard InChI is InChI=1S/C9H13BO2S/c1-2-7-13(11,12)9-6-4-3-5-8(9)10/h3-6H,2,7,10H2,1H3. The van der Waals surface area contributed by atoms with Crippen LogP contribution in [0.2, 0.25) is 0 Å². The molecule has 0 radical (unpaired) electrons. The molecule has 1 aromatic carbocycles. The van der Waals surface area contributed by atoms with Gasteiger partial charge in [0.15, 0.2) is 9.84 Å². The van der Waals surface area contributed by atoms with Gasteiger partial charge in [-0.05, 0) is 12.5 Å². The van der Waals surface area contributed by atoms with Gasteiger partial charge in [0.25, 0.3) is 0 Å². The highest BCUT2D eigenvalue weighted by Crippen LogP contribution is 2.08. The topological polar surface area (TPSA) is 34.1 Å². The van der Waals surface area contributed by atoms with E-state index >= 15 is 0 Å². The third-order valence-corrected chi connectivity index (χ3v) is 3.98. The molecule has 0 aliphatic rings. The molecule has 1 rings (SSSR count). The smallest absolute Gasteiger partial charge is 0.177 e. The molecule has 13 heavy (non-hydrogen) atoms. The Morgan fingerprint density at radius 2 is 1.92 bits per heavy atom. The summed E-state index contributed by atoms with van der Waals surface area (Å²) in [5.41, 5.74) is 0.830. The molecule has 70 valence electrons. The van der Waals surface area contributed by atoms with Crippen LogP contribution in [0, 0.1) is 0 Å². The van der Waals surface area contributed by atoms with E-state index in [9.17, 15) is 8.42 Å². The molecule has 0 aromatic heterocycles. The van der Waals surface area contributed by atoms with Crippen molar-refractivity contribution in [2.24, 2.45) is 0 Å². The maximum Gasteiger partial charge on any atom is 0.177 e. The Morgan fingerprint density at radius 1 is 1.31 bits per heavy atom. The Morgan fingerprint density at radius 3 is 2.46 bits per heavy atom. The minimum Gasteiger partial charge on any atom is -0.224 e. The van der Waals surface area contributed by atoms with Crippen LogP contribution in [-0.4, -0.2) is 22.0 Å². The second kappa shape index (κ2) is 3.96. The van der Waals surface area contributed by atoms with E-state index in [1.54, 1.807) is 12.1 Å². The molecule has 0 amide bonds. The quantitative estimate of drug-likeness (QED) is 0.644. The molecule has 0 fully saturated rings. The van der Waals surface area contributed by atoms with E-state index in [4.69, 9.17) is 0 Å². The van der Waals surface area contributed by atoms with Gasteiger partial charge in [-0.15, -0.1) is 0 Å². The van der Waals surface area contributed by atoms with Gasteiger partial charge >= 0.3 is 0 Å². The van der Waals surface area contributed by atoms with Crippen molar-refractivity contribution < 1.29 is 8.42 Å². The van der Waals surface area contributed by atoms with Gasteiger partial charge in [-0.1, -0.05) is 30.6 Å². The molecule has 2 nitrogen and oxygen atoms in total. The van der Waals surface area contributed by atoms with Crippen LogP contribution in [0.5, 0.6) is 0 Å². The summed E-state index contributed by atoms with van der Waals surface area (Å²) < 4.78 is 23.3. The first-order valence-corrected chi connectivity index (χ1v) is 6.01. The van der Waals surface area contributed by atoms with E-state index in [0.29, 0.717) is 11.3 Å². The lowest BCUT2D eigenvalue weighted by molar-refractivity contribution is 0.595. The van der Waals surface area contributed by atoms with Gasteiger partial charge in [-0.25, -0.2) is 8.42 Å². The summed E-state index contributed by atoms with van der Waals surface area (Å²) in [4.78, 5) is 0.469. The fraction of sp³-hybridized carbons (Fsp3) is 0.333. The summed E-state index contributed by atoms with van der Waals surface area (Å²) in [6.07, 6.45) is 0.663. The number of hydrogen-bond donors (Lipinski definition) is 0. The van der Waals surface area contributed by atoms with Crippen molar-refractivity contribution in [3.8, 4) is 0 Å². The molecule has 0 atom stereocenters. The highest BCUT2D eigenvalue weighted by molar-refractivity contribution is 7.91. The van der Waals surface area contributed by atoms with Crippen molar-refractivity contribution in [2.75, 3.05) is 5.75 Å². The van der Waals surface area contributed by atoms with Gasteiger partial charge in [0.2, 0.25) is 0 Å². The molecule has 4 heteroatoms. The SMILES string of the molecule is Bc1ccccc1S(=O)(=O)CCC. The van der Waals surface area contributed by atoms with E-state index in [2.05, 4.69) is 0 Å². The molecular formula is C9H13BO2S. The fourth-order valence-corrected chi connectivity index (χ4v) is 2.89. The molecule has 0 saturated carbocycles. The molecule has 0 unspecified atom stereocenters. The summed E-state index contributed by atoms with van der Waals surface area (Å²) in [6, 6.07) is 7.10. The first-order chi connectivity index (χ1) is 6.08. The highest BCUT2D eigenvalue weighted by Gasteiger charge is 2.14. The van der Waals surface area contributed by atoms with Gasteiger partial charge in [-0.3, -0.25) is 0 Å². The molecule has 0 N–H and O–H groups in total. The Balaban J connectivity index is 3.15. The zero-order chi connectivity index (χ0) is 9.90. The van der Waals surface area contributed by atoms with Crippen LogP contribution < -0.4 is 5.46 Å². The monoisotopic (exact) mass is 196 g/mol. The Hall–Kier alpha value is -0.765. The van der Waals surface area contributed by atoms with Crippen LogP contribution in [-0.2, 0) is 9.84 Å². The zero-order valence-electron chi connectivity index (χ0n) is 7.95. The highest BCUT2D eigenvalue weighted by atomic mass is 32.2. The van der Waals surface area contributed by atoms with Crippen molar-refractivity contribution >= 4 is 23.1 Å². The van der Waals surface area contributed by atoms with Gasteiger partial charge in [0.05, 0.1) is 10.6 Å². The number of benzene rings is 1. The summed E-state index contributed by atoms with van der Waals surface area (Å²) in [7, 11) is -1.22. The Bertz CT molecular complexity index is 384. The van der Waals surface area contributed by atoms with Crippen molar-refractivity contribution in [2.45, 2.75) is 18.2 Å². The maximum atomic E-state index is 11.7. The van der Waals surface area contributed by atoms with Crippen LogP contribution >= 0.6 is 0 Å². The lowest BCUT2D eigenvalue weighted by atomic mass is 9.97. The van der Waals surface area contributed by atoms with Crippen molar-refractivity contribution in [3.05, 3.63) is 24.3 Å². The molecule has 0 aliphatic carbocycles. The zero-order valence-corrected chi connectivity index (χ0v) is 8.76. The van der Waals surface area contributed by atoms with Crippen LogP contribution in [0.25, 0.3) is 0 Å². The molecule has 0 spiro atoms. The van der Waals surface area contributed by atoms with E-state index < -0.39 is 9.84 Å². The first-order valence-electron chi connectivity index (χ1n) is 4.36. The molecule has 0 bridgehead atoms. The molecule has 1 aromatic rings. The summed E-state index contributed by atoms with van der Waals surface area (Å²) >= 11 is 0. The lowest BCUT2D eigenvalue weighted by Crippen LogP contribution is -2.17. The van der Waals surface area contributed by atoms with Crippen LogP contribution in [0.1, 0.15) is 13.3 Å². The van der Waals surface area contributed by atoms with E-state index in [1.807, 2.05) is 26.9 Å². The average Bonchev–Trinajstić information content (AvgIpc) is 2.04. The molecule has 0 saturated heterocycles. The minimum atomic E-state index is -3.04. The third kappa shape index (κ3) is 2.34. The minimum absolute atomic E-state index is 0.234. The fourth-order valence-electron chi connectivity index (χ4n) is 1.28. The second-order valence-electron chi connectivity index (χ2n) is 3.08.